The zero-order valence-corrected chi connectivity index (χ0v) is 15.4. The van der Waals surface area contributed by atoms with Gasteiger partial charge in [0.05, 0.1) is 11.5 Å². The van der Waals surface area contributed by atoms with Crippen LogP contribution in [0.4, 0.5) is 0 Å². The molecular weight excluding hydrogens is 362 g/mol. The molecule has 3 aromatic heterocycles. The highest BCUT2D eigenvalue weighted by molar-refractivity contribution is 7.18. The molecule has 0 saturated heterocycles. The molecule has 1 fully saturated rings. The summed E-state index contributed by atoms with van der Waals surface area (Å²) in [5.74, 6) is -1.07. The quantitative estimate of drug-likeness (QED) is 0.676. The second-order valence-electron chi connectivity index (χ2n) is 7.25. The van der Waals surface area contributed by atoms with Crippen LogP contribution in [0.2, 0.25) is 0 Å². The summed E-state index contributed by atoms with van der Waals surface area (Å²) in [4.78, 5) is 34.5. The van der Waals surface area contributed by atoms with Crippen LogP contribution >= 0.6 is 11.3 Å². The van der Waals surface area contributed by atoms with E-state index in [1.165, 1.54) is 16.2 Å². The lowest BCUT2D eigenvalue weighted by molar-refractivity contribution is 0.0971. The van der Waals surface area contributed by atoms with Gasteiger partial charge in [-0.3, -0.25) is 14.7 Å². The Kier molecular flexibility index (Phi) is 3.72. The number of carbonyl (C=O) groups is 1. The van der Waals surface area contributed by atoms with Crippen molar-refractivity contribution in [3.8, 4) is 6.07 Å². The Hall–Kier alpha value is -2.79. The van der Waals surface area contributed by atoms with E-state index in [4.69, 9.17) is 0 Å². The van der Waals surface area contributed by atoms with Crippen LogP contribution in [-0.2, 0) is 12.8 Å². The van der Waals surface area contributed by atoms with Gasteiger partial charge in [-0.15, -0.1) is 11.3 Å². The van der Waals surface area contributed by atoms with E-state index in [1.807, 2.05) is 6.07 Å². The molecule has 8 heteroatoms. The molecule has 3 aromatic rings. The van der Waals surface area contributed by atoms with Crippen molar-refractivity contribution in [3.05, 3.63) is 44.1 Å². The van der Waals surface area contributed by atoms with Crippen LogP contribution in [0.1, 0.15) is 70.0 Å². The number of rotatable bonds is 4. The van der Waals surface area contributed by atoms with E-state index in [9.17, 15) is 14.9 Å². The summed E-state index contributed by atoms with van der Waals surface area (Å²) in [7, 11) is 0. The van der Waals surface area contributed by atoms with Crippen molar-refractivity contribution in [2.45, 2.75) is 50.4 Å². The maximum Gasteiger partial charge on any atom is 0.259 e. The number of thiophene rings is 1. The first-order chi connectivity index (χ1) is 13.2. The van der Waals surface area contributed by atoms with Gasteiger partial charge in [-0.25, -0.2) is 4.98 Å². The normalized spacial score (nSPS) is 17.4. The Bertz CT molecular complexity index is 1160. The van der Waals surface area contributed by atoms with Crippen molar-refractivity contribution in [2.75, 3.05) is 0 Å². The topological polar surface area (TPSA) is 115 Å². The molecule has 2 aliphatic rings. The molecule has 136 valence electrons. The van der Waals surface area contributed by atoms with Gasteiger partial charge in [-0.1, -0.05) is 0 Å². The van der Waals surface area contributed by atoms with Gasteiger partial charge in [0.25, 0.3) is 5.56 Å². The Balaban J connectivity index is 1.55. The van der Waals surface area contributed by atoms with Crippen LogP contribution < -0.4 is 5.56 Å². The largest absolute Gasteiger partial charge is 0.308 e. The van der Waals surface area contributed by atoms with Crippen molar-refractivity contribution in [1.82, 2.24) is 20.2 Å². The van der Waals surface area contributed by atoms with Gasteiger partial charge in [0.15, 0.2) is 5.92 Å². The lowest BCUT2D eigenvalue weighted by atomic mass is 9.97. The minimum Gasteiger partial charge on any atom is -0.308 e. The summed E-state index contributed by atoms with van der Waals surface area (Å²) in [6.45, 7) is 0. The number of ketones is 1. The average molecular weight is 379 g/mol. The number of nitriles is 1. The van der Waals surface area contributed by atoms with Crippen molar-refractivity contribution >= 4 is 27.3 Å². The molecule has 7 nitrogen and oxygen atoms in total. The number of carbonyl (C=O) groups excluding carboxylic acids is 1. The molecule has 0 aromatic carbocycles. The highest BCUT2D eigenvalue weighted by Gasteiger charge is 2.31. The summed E-state index contributed by atoms with van der Waals surface area (Å²) in [5.41, 5.74) is 1.97. The van der Waals surface area contributed by atoms with Crippen molar-refractivity contribution in [1.29, 1.82) is 5.26 Å². The number of aryl methyl sites for hydroxylation is 2. The van der Waals surface area contributed by atoms with E-state index in [0.717, 1.165) is 49.8 Å². The number of nitrogens with zero attached hydrogens (tertiary/aromatic N) is 3. The highest BCUT2D eigenvalue weighted by Crippen LogP contribution is 2.39. The Labute approximate surface area is 158 Å². The third kappa shape index (κ3) is 2.70. The minimum absolute atomic E-state index is 0.106. The summed E-state index contributed by atoms with van der Waals surface area (Å²) in [5, 5.41) is 17.2. The maximum atomic E-state index is 12.8. The van der Waals surface area contributed by atoms with Gasteiger partial charge in [0, 0.05) is 16.5 Å². The predicted molar refractivity (Wildman–Crippen MR) is 100 cm³/mol. The van der Waals surface area contributed by atoms with Crippen LogP contribution in [0.5, 0.6) is 0 Å². The van der Waals surface area contributed by atoms with E-state index < -0.39 is 11.7 Å². The number of aromatic nitrogens is 4. The second kappa shape index (κ2) is 6.13. The van der Waals surface area contributed by atoms with Crippen molar-refractivity contribution < 1.29 is 4.79 Å². The fourth-order valence-electron chi connectivity index (χ4n) is 3.78. The fourth-order valence-corrected chi connectivity index (χ4v) is 5.04. The van der Waals surface area contributed by atoms with Crippen molar-refractivity contribution in [3.63, 3.8) is 0 Å². The minimum atomic E-state index is -1.17. The molecule has 27 heavy (non-hydrogen) atoms. The smallest absolute Gasteiger partial charge is 0.259 e. The molecule has 5 rings (SSSR count). The van der Waals surface area contributed by atoms with E-state index in [-0.39, 0.29) is 17.1 Å². The first kappa shape index (κ1) is 16.4. The second-order valence-corrected chi connectivity index (χ2v) is 8.34. The van der Waals surface area contributed by atoms with Gasteiger partial charge in [-0.05, 0) is 50.2 Å². The molecule has 0 bridgehead atoms. The molecule has 1 atom stereocenters. The van der Waals surface area contributed by atoms with Crippen LogP contribution in [-0.4, -0.2) is 25.9 Å². The van der Waals surface area contributed by atoms with Crippen LogP contribution in [0.3, 0.4) is 0 Å². The van der Waals surface area contributed by atoms with Crippen molar-refractivity contribution in [2.24, 2.45) is 0 Å². The molecule has 0 spiro atoms. The van der Waals surface area contributed by atoms with Crippen LogP contribution in [0.15, 0.2) is 10.9 Å². The Morgan fingerprint density at radius 2 is 2.15 bits per heavy atom. The van der Waals surface area contributed by atoms with Gasteiger partial charge in [0.1, 0.15) is 16.3 Å². The van der Waals surface area contributed by atoms with E-state index >= 15 is 0 Å². The number of hydrogen-bond acceptors (Lipinski definition) is 6. The Morgan fingerprint density at radius 3 is 2.93 bits per heavy atom. The number of H-pyrrole nitrogens is 2. The molecule has 0 radical (unpaired) electrons. The van der Waals surface area contributed by atoms with E-state index in [0.29, 0.717) is 16.1 Å². The van der Waals surface area contributed by atoms with Gasteiger partial charge in [-0.2, -0.15) is 10.4 Å². The fraction of sp³-hybridized carbons (Fsp3) is 0.421. The molecular formula is C19H17N5O2S. The highest BCUT2D eigenvalue weighted by atomic mass is 32.1. The summed E-state index contributed by atoms with van der Waals surface area (Å²) >= 11 is 1.51. The zero-order chi connectivity index (χ0) is 18.5. The van der Waals surface area contributed by atoms with E-state index in [1.54, 1.807) is 6.07 Å². The number of aromatic amines is 2. The molecule has 3 heterocycles. The van der Waals surface area contributed by atoms with Gasteiger partial charge >= 0.3 is 0 Å². The third-order valence-electron chi connectivity index (χ3n) is 5.38. The SMILES string of the molecule is N#C[C@H](C(=O)c1cc(C2CC2)[nH]n1)c1nc2sc3c(c2c(=O)[nH]1)CCCC3. The summed E-state index contributed by atoms with van der Waals surface area (Å²) < 4.78 is 0. The lowest BCUT2D eigenvalue weighted by Crippen LogP contribution is -2.20. The average Bonchev–Trinajstić information content (AvgIpc) is 3.27. The molecule has 1 saturated carbocycles. The number of nitrogens with one attached hydrogen (secondary N) is 2. The van der Waals surface area contributed by atoms with E-state index in [2.05, 4.69) is 20.2 Å². The lowest BCUT2D eigenvalue weighted by Gasteiger charge is -2.09. The van der Waals surface area contributed by atoms with Crippen LogP contribution in [0, 0.1) is 11.3 Å². The summed E-state index contributed by atoms with van der Waals surface area (Å²) in [6, 6.07) is 3.71. The number of hydrogen-bond donors (Lipinski definition) is 2. The number of Topliss-reactive ketones (excluding diaryl/α,β-unsaturated/α-hetero) is 1. The first-order valence-electron chi connectivity index (χ1n) is 9.19. The maximum absolute atomic E-state index is 12.8. The molecule has 0 unspecified atom stereocenters. The van der Waals surface area contributed by atoms with Crippen LogP contribution in [0.25, 0.3) is 10.2 Å². The standard InChI is InChI=1S/C19H17N5O2S/c20-8-11(16(25)13-7-12(23-24-13)9-5-6-9)17-21-18(26)15-10-3-1-2-4-14(10)27-19(15)22-17/h7,9,11H,1-6H2,(H,23,24)(H,21,22,26)/t11-/m1/s1. The van der Waals surface area contributed by atoms with Gasteiger partial charge < -0.3 is 4.98 Å². The first-order valence-corrected chi connectivity index (χ1v) is 10.0. The Morgan fingerprint density at radius 1 is 1.33 bits per heavy atom. The zero-order valence-electron chi connectivity index (χ0n) is 14.5. The molecule has 0 aliphatic heterocycles. The number of fused-ring (bicyclic) bond motifs is 3. The molecule has 0 amide bonds. The third-order valence-corrected chi connectivity index (χ3v) is 6.56. The van der Waals surface area contributed by atoms with Gasteiger partial charge in [0.2, 0.25) is 5.78 Å². The predicted octanol–water partition coefficient (Wildman–Crippen LogP) is 2.95. The monoisotopic (exact) mass is 379 g/mol. The molecule has 2 aliphatic carbocycles. The molecule has 2 N–H and O–H groups in total. The summed E-state index contributed by atoms with van der Waals surface area (Å²) in [6.07, 6.45) is 6.21.